The molecule has 0 bridgehead atoms. The highest BCUT2D eigenvalue weighted by atomic mass is 35.5. The van der Waals surface area contributed by atoms with E-state index in [1.165, 1.54) is 22.5 Å². The quantitative estimate of drug-likeness (QED) is 0.628. The number of ketones is 1. The van der Waals surface area contributed by atoms with Crippen molar-refractivity contribution < 1.29 is 9.90 Å². The number of hydrogen-bond acceptors (Lipinski definition) is 4. The molecule has 1 unspecified atom stereocenters. The van der Waals surface area contributed by atoms with Crippen LogP contribution in [0.3, 0.4) is 0 Å². The molecule has 1 atom stereocenters. The molecule has 0 spiro atoms. The molecule has 25 heavy (non-hydrogen) atoms. The van der Waals surface area contributed by atoms with Gasteiger partial charge in [-0.05, 0) is 51.2 Å². The third-order valence-electron chi connectivity index (χ3n) is 4.31. The highest BCUT2D eigenvalue weighted by Gasteiger charge is 2.19. The largest absolute Gasteiger partial charge is 0.394 e. The van der Waals surface area contributed by atoms with E-state index in [-0.39, 0.29) is 12.4 Å². The van der Waals surface area contributed by atoms with Crippen molar-refractivity contribution in [3.8, 4) is 0 Å². The number of aliphatic hydroxyl groups is 1. The minimum atomic E-state index is -0.620. The molecule has 2 rings (SSSR count). The second kappa shape index (κ2) is 8.95. The van der Waals surface area contributed by atoms with Crippen LogP contribution < -0.4 is 5.73 Å². The molecule has 0 saturated heterocycles. The van der Waals surface area contributed by atoms with Gasteiger partial charge < -0.3 is 10.8 Å². The Kier molecular flexibility index (Phi) is 7.20. The highest BCUT2D eigenvalue weighted by Crippen LogP contribution is 2.30. The molecular formula is C20H26ClNO2S. The molecule has 0 saturated carbocycles. The lowest BCUT2D eigenvalue weighted by Crippen LogP contribution is -2.40. The molecule has 1 heterocycles. The average molecular weight is 380 g/mol. The molecule has 136 valence electrons. The normalized spacial score (nSPS) is 13.6. The van der Waals surface area contributed by atoms with E-state index in [0.29, 0.717) is 29.2 Å². The average Bonchev–Trinajstić information content (AvgIpc) is 2.96. The van der Waals surface area contributed by atoms with E-state index in [2.05, 4.69) is 31.2 Å². The Hall–Kier alpha value is -1.20. The Morgan fingerprint density at radius 3 is 2.60 bits per heavy atom. The maximum Gasteiger partial charge on any atom is 0.172 e. The second-order valence-corrected chi connectivity index (χ2v) is 8.50. The molecule has 0 fully saturated rings. The Labute approximate surface area is 158 Å². The molecule has 3 nitrogen and oxygen atoms in total. The van der Waals surface area contributed by atoms with Gasteiger partial charge in [0.05, 0.1) is 16.5 Å². The van der Waals surface area contributed by atoms with Crippen LogP contribution in [0.4, 0.5) is 0 Å². The molecule has 0 amide bonds. The molecule has 0 radical (unpaired) electrons. The minimum absolute atomic E-state index is 0.0687. The first kappa shape index (κ1) is 20.1. The van der Waals surface area contributed by atoms with Crippen molar-refractivity contribution >= 4 is 28.7 Å². The second-order valence-electron chi connectivity index (χ2n) is 6.96. The van der Waals surface area contributed by atoms with Gasteiger partial charge in [0.25, 0.3) is 0 Å². The van der Waals surface area contributed by atoms with Crippen molar-refractivity contribution in [3.05, 3.63) is 56.2 Å². The molecule has 0 aliphatic rings. The summed E-state index contributed by atoms with van der Waals surface area (Å²) in [5.74, 6) is 0.142. The van der Waals surface area contributed by atoms with E-state index >= 15 is 0 Å². The predicted molar refractivity (Wildman–Crippen MR) is 106 cm³/mol. The van der Waals surface area contributed by atoms with Crippen LogP contribution in [0.1, 0.15) is 51.9 Å². The highest BCUT2D eigenvalue weighted by molar-refractivity contribution is 7.14. The summed E-state index contributed by atoms with van der Waals surface area (Å²) in [5, 5.41) is 9.86. The molecule has 0 aliphatic carbocycles. The first-order chi connectivity index (χ1) is 11.8. The van der Waals surface area contributed by atoms with Crippen molar-refractivity contribution in [2.24, 2.45) is 5.73 Å². The van der Waals surface area contributed by atoms with E-state index < -0.39 is 5.54 Å². The lowest BCUT2D eigenvalue weighted by molar-refractivity contribution is 0.0984. The number of rotatable bonds is 9. The van der Waals surface area contributed by atoms with Crippen LogP contribution in [-0.2, 0) is 12.8 Å². The Morgan fingerprint density at radius 2 is 1.96 bits per heavy atom. The van der Waals surface area contributed by atoms with Crippen LogP contribution in [-0.4, -0.2) is 23.0 Å². The number of carbonyl (C=O) groups is 1. The van der Waals surface area contributed by atoms with Crippen molar-refractivity contribution in [3.63, 3.8) is 0 Å². The van der Waals surface area contributed by atoms with Gasteiger partial charge >= 0.3 is 0 Å². The number of nitrogens with two attached hydrogens (primary N) is 1. The van der Waals surface area contributed by atoms with Gasteiger partial charge in [-0.3, -0.25) is 4.79 Å². The van der Waals surface area contributed by atoms with E-state index in [0.717, 1.165) is 17.7 Å². The minimum Gasteiger partial charge on any atom is -0.394 e. The maximum atomic E-state index is 12.4. The summed E-state index contributed by atoms with van der Waals surface area (Å²) in [6, 6.07) is 10.2. The third kappa shape index (κ3) is 6.23. The zero-order chi connectivity index (χ0) is 18.4. The molecule has 1 aromatic carbocycles. The van der Waals surface area contributed by atoms with Gasteiger partial charge in [-0.25, -0.2) is 0 Å². The van der Waals surface area contributed by atoms with Crippen LogP contribution >= 0.6 is 22.9 Å². The summed E-state index contributed by atoms with van der Waals surface area (Å²) in [5.41, 5.74) is 7.84. The summed E-state index contributed by atoms with van der Waals surface area (Å²) in [4.78, 5) is 14.1. The fourth-order valence-electron chi connectivity index (χ4n) is 2.52. The van der Waals surface area contributed by atoms with Gasteiger partial charge in [0.15, 0.2) is 5.78 Å². The zero-order valence-electron chi connectivity index (χ0n) is 14.8. The van der Waals surface area contributed by atoms with Crippen molar-refractivity contribution in [1.29, 1.82) is 0 Å². The van der Waals surface area contributed by atoms with Gasteiger partial charge in [-0.2, -0.15) is 0 Å². The monoisotopic (exact) mass is 379 g/mol. The van der Waals surface area contributed by atoms with Gasteiger partial charge in [0.2, 0.25) is 0 Å². The van der Waals surface area contributed by atoms with E-state index in [1.54, 1.807) is 6.07 Å². The number of benzene rings is 1. The number of hydrogen-bond donors (Lipinski definition) is 2. The number of aryl methyl sites for hydroxylation is 3. The summed E-state index contributed by atoms with van der Waals surface area (Å²) in [6.45, 7) is 3.81. The number of halogens is 1. The summed E-state index contributed by atoms with van der Waals surface area (Å²) in [6.07, 6.45) is 3.56. The van der Waals surface area contributed by atoms with Crippen molar-refractivity contribution in [1.82, 2.24) is 0 Å². The number of thiophene rings is 1. The first-order valence-corrected chi connectivity index (χ1v) is 9.77. The van der Waals surface area contributed by atoms with Crippen LogP contribution in [0.15, 0.2) is 30.3 Å². The van der Waals surface area contributed by atoms with Crippen LogP contribution in [0.2, 0.25) is 5.02 Å². The van der Waals surface area contributed by atoms with Gasteiger partial charge in [-0.15, -0.1) is 11.3 Å². The van der Waals surface area contributed by atoms with Crippen molar-refractivity contribution in [2.75, 3.05) is 6.61 Å². The first-order valence-electron chi connectivity index (χ1n) is 8.57. The Bertz CT molecular complexity index is 707. The number of aliphatic hydroxyl groups excluding tert-OH is 1. The van der Waals surface area contributed by atoms with Gasteiger partial charge in [0.1, 0.15) is 0 Å². The molecular weight excluding hydrogens is 354 g/mol. The van der Waals surface area contributed by atoms with Crippen LogP contribution in [0, 0.1) is 6.92 Å². The lowest BCUT2D eigenvalue weighted by atomic mass is 9.98. The molecule has 1 aromatic heterocycles. The summed E-state index contributed by atoms with van der Waals surface area (Å²) >= 11 is 7.71. The SMILES string of the molecule is Cc1ccc(CCCC(=O)c2cc(Cl)c(CCC(C)(N)CO)s2)cc1. The molecule has 3 N–H and O–H groups in total. The topological polar surface area (TPSA) is 63.3 Å². The maximum absolute atomic E-state index is 12.4. The Morgan fingerprint density at radius 1 is 1.28 bits per heavy atom. The predicted octanol–water partition coefficient (Wildman–Crippen LogP) is 4.56. The molecule has 0 aliphatic heterocycles. The zero-order valence-corrected chi connectivity index (χ0v) is 16.4. The Balaban J connectivity index is 1.87. The summed E-state index contributed by atoms with van der Waals surface area (Å²) < 4.78 is 0. The van der Waals surface area contributed by atoms with Crippen LogP contribution in [0.5, 0.6) is 0 Å². The summed E-state index contributed by atoms with van der Waals surface area (Å²) in [7, 11) is 0. The fraction of sp³-hybridized carbons (Fsp3) is 0.450. The van der Waals surface area contributed by atoms with Crippen molar-refractivity contribution in [2.45, 2.75) is 51.5 Å². The number of Topliss-reactive ketones (excluding diaryl/α,β-unsaturated/α-hetero) is 1. The fourth-order valence-corrected chi connectivity index (χ4v) is 3.93. The molecule has 2 aromatic rings. The molecule has 5 heteroatoms. The van der Waals surface area contributed by atoms with E-state index in [9.17, 15) is 9.90 Å². The smallest absolute Gasteiger partial charge is 0.172 e. The van der Waals surface area contributed by atoms with Gasteiger partial charge in [0, 0.05) is 16.8 Å². The van der Waals surface area contributed by atoms with E-state index in [4.69, 9.17) is 17.3 Å². The standard InChI is InChI=1S/C20H26ClNO2S/c1-14-6-8-15(9-7-14)4-3-5-17(24)19-12-16(21)18(25-19)10-11-20(2,22)13-23/h6-9,12,23H,3-5,10-11,13,22H2,1-2H3. The van der Waals surface area contributed by atoms with Crippen LogP contribution in [0.25, 0.3) is 0 Å². The van der Waals surface area contributed by atoms with Gasteiger partial charge in [-0.1, -0.05) is 41.4 Å². The lowest BCUT2D eigenvalue weighted by Gasteiger charge is -2.20. The van der Waals surface area contributed by atoms with E-state index in [1.807, 2.05) is 6.92 Å². The number of carbonyl (C=O) groups excluding carboxylic acids is 1. The third-order valence-corrected chi connectivity index (χ3v) is 5.99.